The summed E-state index contributed by atoms with van der Waals surface area (Å²) in [6.45, 7) is 8.07. The predicted molar refractivity (Wildman–Crippen MR) is 235 cm³/mol. The number of likely N-dealkylation sites (tertiary alicyclic amines) is 2. The number of amides is 4. The molecule has 5 atom stereocenters. The lowest BCUT2D eigenvalue weighted by molar-refractivity contribution is -0.136. The number of hydrogen-bond donors (Lipinski definition) is 4. The van der Waals surface area contributed by atoms with Crippen molar-refractivity contribution < 1.29 is 37.4 Å². The fourth-order valence-corrected chi connectivity index (χ4v) is 9.85. The number of alkyl carbamates (subject to hydrolysis) is 2. The van der Waals surface area contributed by atoms with Gasteiger partial charge in [0.25, 0.3) is 5.92 Å². The Balaban J connectivity index is 0.957. The number of carbonyl (C=O) groups is 4. The van der Waals surface area contributed by atoms with Crippen LogP contribution in [0.2, 0.25) is 0 Å². The second-order valence-corrected chi connectivity index (χ2v) is 18.6. The first-order valence-corrected chi connectivity index (χ1v) is 22.0. The van der Waals surface area contributed by atoms with Crippen molar-refractivity contribution in [1.29, 1.82) is 5.26 Å². The van der Waals surface area contributed by atoms with Crippen molar-refractivity contribution in [1.82, 2.24) is 40.4 Å². The Morgan fingerprint density at radius 3 is 1.98 bits per heavy atom. The number of imidazole rings is 2. The van der Waals surface area contributed by atoms with Gasteiger partial charge in [-0.05, 0) is 89.5 Å². The molecule has 0 radical (unpaired) electrons. The van der Waals surface area contributed by atoms with Crippen LogP contribution in [0.25, 0.3) is 44.5 Å². The van der Waals surface area contributed by atoms with Crippen LogP contribution in [0, 0.1) is 34.5 Å². The van der Waals surface area contributed by atoms with Crippen molar-refractivity contribution in [2.45, 2.75) is 83.5 Å². The van der Waals surface area contributed by atoms with Gasteiger partial charge in [-0.25, -0.2) is 19.6 Å². The topological polar surface area (TPSA) is 198 Å². The standard InChI is InChI=1S/C48H51F2N9O6/c1-24(2)39(56-45(62)64-5)43(60)58-22-26(20-51)15-37(58)41-52-21-36(55-41)29-8-11-31-30-10-7-27(16-32(30)48(49,50)33(31)17-29)28-9-12-34-35(18-28)54-42(53-34)38-19-47(13-14-47)23-59(38)44(61)40(25(3)4)57-46(63)65-6/h7-12,16-18,21,24-26,37-40H,13-15,19,22-23H2,1-6H3,(H,52,55)(H,53,54)(H,56,62)(H,57,63). The molecule has 0 bridgehead atoms. The zero-order valence-electron chi connectivity index (χ0n) is 37.0. The number of fused-ring (bicyclic) bond motifs is 4. The molecular weight excluding hydrogens is 837 g/mol. The second kappa shape index (κ2) is 16.3. The molecular formula is C48H51F2N9O6. The van der Waals surface area contributed by atoms with E-state index in [2.05, 4.69) is 31.7 Å². The van der Waals surface area contributed by atoms with Gasteiger partial charge in [-0.1, -0.05) is 58.0 Å². The molecule has 2 saturated heterocycles. The predicted octanol–water partition coefficient (Wildman–Crippen LogP) is 7.97. The van der Waals surface area contributed by atoms with E-state index in [1.165, 1.54) is 37.4 Å². The molecule has 4 amide bonds. The number of nitrogens with one attached hydrogen (secondary N) is 4. The van der Waals surface area contributed by atoms with Gasteiger partial charge in [-0.15, -0.1) is 0 Å². The molecule has 1 saturated carbocycles. The number of nitriles is 1. The molecule has 3 aromatic carbocycles. The van der Waals surface area contributed by atoms with Crippen molar-refractivity contribution >= 4 is 35.0 Å². The highest BCUT2D eigenvalue weighted by Crippen LogP contribution is 2.58. The molecule has 2 aliphatic heterocycles. The van der Waals surface area contributed by atoms with Gasteiger partial charge in [0.05, 0.1) is 61.2 Å². The summed E-state index contributed by atoms with van der Waals surface area (Å²) in [5.41, 5.74) is 4.27. The fraction of sp³-hybridized carbons (Fsp3) is 0.438. The van der Waals surface area contributed by atoms with Gasteiger partial charge in [-0.2, -0.15) is 14.0 Å². The molecule has 4 N–H and O–H groups in total. The number of aromatic amines is 2. The fourth-order valence-electron chi connectivity index (χ4n) is 9.85. The summed E-state index contributed by atoms with van der Waals surface area (Å²) in [5.74, 6) is -3.77. The van der Waals surface area contributed by atoms with E-state index in [-0.39, 0.29) is 52.8 Å². The molecule has 9 rings (SSSR count). The maximum atomic E-state index is 16.6. The first kappa shape index (κ1) is 43.4. The van der Waals surface area contributed by atoms with Crippen LogP contribution in [0.3, 0.4) is 0 Å². The van der Waals surface area contributed by atoms with Crippen molar-refractivity contribution in [3.8, 4) is 39.6 Å². The molecule has 2 aliphatic carbocycles. The van der Waals surface area contributed by atoms with Gasteiger partial charge in [0.1, 0.15) is 23.7 Å². The van der Waals surface area contributed by atoms with Crippen LogP contribution in [0.4, 0.5) is 18.4 Å². The Bertz CT molecular complexity index is 2770. The minimum absolute atomic E-state index is 0.0262. The SMILES string of the molecule is COC(=O)NC(C(=O)N1CC(C#N)CC1c1ncc(-c2ccc3c(c2)C(F)(F)c2cc(-c4ccc5nc(C6CC7(CC7)CN6C(=O)C(NC(=O)OC)C(C)C)[nH]c5c4)ccc2-3)[nH]1)C(C)C. The summed E-state index contributed by atoms with van der Waals surface area (Å²) in [6, 6.07) is 15.2. The smallest absolute Gasteiger partial charge is 0.407 e. The Morgan fingerprint density at radius 2 is 1.38 bits per heavy atom. The summed E-state index contributed by atoms with van der Waals surface area (Å²) in [5, 5.41) is 15.1. The Morgan fingerprint density at radius 1 is 0.800 bits per heavy atom. The van der Waals surface area contributed by atoms with Crippen molar-refractivity contribution in [3.05, 3.63) is 83.6 Å². The molecule has 4 aliphatic rings. The lowest BCUT2D eigenvalue weighted by atomic mass is 9.98. The van der Waals surface area contributed by atoms with E-state index in [0.717, 1.165) is 19.3 Å². The molecule has 65 heavy (non-hydrogen) atoms. The lowest BCUT2D eigenvalue weighted by Gasteiger charge is -2.30. The van der Waals surface area contributed by atoms with Crippen LogP contribution in [-0.2, 0) is 25.0 Å². The molecule has 15 nitrogen and oxygen atoms in total. The second-order valence-electron chi connectivity index (χ2n) is 18.6. The van der Waals surface area contributed by atoms with Gasteiger partial charge < -0.3 is 39.9 Å². The number of H-pyrrole nitrogens is 2. The van der Waals surface area contributed by atoms with Gasteiger partial charge in [0.2, 0.25) is 11.8 Å². The highest BCUT2D eigenvalue weighted by Gasteiger charge is 2.55. The van der Waals surface area contributed by atoms with E-state index in [9.17, 15) is 24.4 Å². The van der Waals surface area contributed by atoms with E-state index in [4.69, 9.17) is 14.5 Å². The highest BCUT2D eigenvalue weighted by molar-refractivity contribution is 5.89. The van der Waals surface area contributed by atoms with Gasteiger partial charge in [0, 0.05) is 29.8 Å². The lowest BCUT2D eigenvalue weighted by Crippen LogP contribution is -2.51. The maximum absolute atomic E-state index is 16.6. The summed E-state index contributed by atoms with van der Waals surface area (Å²) < 4.78 is 42.8. The Kier molecular flexibility index (Phi) is 10.9. The van der Waals surface area contributed by atoms with Gasteiger partial charge in [0.15, 0.2) is 0 Å². The number of benzene rings is 3. The molecule has 5 aromatic rings. The number of methoxy groups -OCH3 is 2. The van der Waals surface area contributed by atoms with Crippen LogP contribution < -0.4 is 10.6 Å². The number of aromatic nitrogens is 4. The number of ether oxygens (including phenoxy) is 2. The zero-order chi connectivity index (χ0) is 46.1. The summed E-state index contributed by atoms with van der Waals surface area (Å²) in [7, 11) is 2.48. The first-order chi connectivity index (χ1) is 31.0. The zero-order valence-corrected chi connectivity index (χ0v) is 37.0. The highest BCUT2D eigenvalue weighted by atomic mass is 19.3. The van der Waals surface area contributed by atoms with E-state index in [1.54, 1.807) is 32.0 Å². The molecule has 1 spiro atoms. The number of alkyl halides is 2. The van der Waals surface area contributed by atoms with E-state index >= 15 is 8.78 Å². The number of halogens is 2. The number of hydrogen-bond acceptors (Lipinski definition) is 9. The third-order valence-corrected chi connectivity index (χ3v) is 13.7. The van der Waals surface area contributed by atoms with Crippen LogP contribution in [-0.4, -0.2) is 93.1 Å². The van der Waals surface area contributed by atoms with Gasteiger partial charge >= 0.3 is 12.2 Å². The Hall–Kier alpha value is -6.83. The van der Waals surface area contributed by atoms with Crippen LogP contribution in [0.5, 0.6) is 0 Å². The summed E-state index contributed by atoms with van der Waals surface area (Å²) in [4.78, 5) is 71.6. The van der Waals surface area contributed by atoms with Crippen LogP contribution in [0.15, 0.2) is 60.8 Å². The summed E-state index contributed by atoms with van der Waals surface area (Å²) in [6.07, 6.45) is 3.21. The largest absolute Gasteiger partial charge is 0.453 e. The van der Waals surface area contributed by atoms with Crippen LogP contribution in [0.1, 0.15) is 88.2 Å². The monoisotopic (exact) mass is 887 g/mol. The third-order valence-electron chi connectivity index (χ3n) is 13.7. The van der Waals surface area contributed by atoms with E-state index in [0.29, 0.717) is 69.2 Å². The maximum Gasteiger partial charge on any atom is 0.407 e. The van der Waals surface area contributed by atoms with Crippen molar-refractivity contribution in [2.75, 3.05) is 27.3 Å². The molecule has 5 unspecified atom stereocenters. The Labute approximate surface area is 374 Å². The molecule has 17 heteroatoms. The third kappa shape index (κ3) is 7.72. The average molecular weight is 888 g/mol. The number of carbonyl (C=O) groups excluding carboxylic acids is 4. The van der Waals surface area contributed by atoms with Crippen molar-refractivity contribution in [3.63, 3.8) is 0 Å². The van der Waals surface area contributed by atoms with E-state index in [1.807, 2.05) is 43.0 Å². The molecule has 338 valence electrons. The minimum atomic E-state index is -3.33. The minimum Gasteiger partial charge on any atom is -0.453 e. The molecule has 2 aromatic heterocycles. The average Bonchev–Trinajstić information content (AvgIpc) is 3.82. The van der Waals surface area contributed by atoms with Crippen LogP contribution >= 0.6 is 0 Å². The number of nitrogens with zero attached hydrogens (tertiary/aromatic N) is 5. The summed E-state index contributed by atoms with van der Waals surface area (Å²) >= 11 is 0. The van der Waals surface area contributed by atoms with Gasteiger partial charge in [-0.3, -0.25) is 9.59 Å². The molecule has 3 fully saturated rings. The van der Waals surface area contributed by atoms with Crippen molar-refractivity contribution in [2.24, 2.45) is 23.2 Å². The number of rotatable bonds is 10. The molecule has 4 heterocycles. The quantitative estimate of drug-likeness (QED) is 0.107. The normalized spacial score (nSPS) is 21.0. The first-order valence-electron chi connectivity index (χ1n) is 22.0. The van der Waals surface area contributed by atoms with E-state index < -0.39 is 42.2 Å².